The first-order valence-electron chi connectivity index (χ1n) is 4.99. The summed E-state index contributed by atoms with van der Waals surface area (Å²) >= 11 is 1.45. The molecule has 2 nitrogen and oxygen atoms in total. The molecule has 3 heteroatoms. The molecule has 0 aliphatic heterocycles. The third-order valence-electron chi connectivity index (χ3n) is 2.56. The Labute approximate surface area is 99.0 Å². The lowest BCUT2D eigenvalue weighted by Gasteiger charge is -2.03. The molecule has 0 aliphatic rings. The summed E-state index contributed by atoms with van der Waals surface area (Å²) in [6, 6.07) is 10.3. The number of hydrogen-bond acceptors (Lipinski definition) is 3. The van der Waals surface area contributed by atoms with Crippen molar-refractivity contribution in [3.8, 4) is 17.2 Å². The summed E-state index contributed by atoms with van der Waals surface area (Å²) in [5.74, 6) is 0. The number of benzene rings is 1. The van der Waals surface area contributed by atoms with Crippen LogP contribution in [0.5, 0.6) is 0 Å². The molecule has 2 N–H and O–H groups in total. The zero-order valence-corrected chi connectivity index (χ0v) is 10.1. The summed E-state index contributed by atoms with van der Waals surface area (Å²) < 4.78 is 0. The van der Waals surface area contributed by atoms with Crippen LogP contribution in [-0.2, 0) is 0 Å². The van der Waals surface area contributed by atoms with Crippen molar-refractivity contribution in [1.29, 1.82) is 5.26 Å². The molecule has 0 radical (unpaired) electrons. The molecule has 0 amide bonds. The Morgan fingerprint density at radius 2 is 1.81 bits per heavy atom. The average Bonchev–Trinajstić information content (AvgIpc) is 2.56. The highest BCUT2D eigenvalue weighted by molar-refractivity contribution is 7.13. The van der Waals surface area contributed by atoms with Gasteiger partial charge in [0.05, 0.1) is 5.69 Å². The second kappa shape index (κ2) is 3.99. The van der Waals surface area contributed by atoms with Gasteiger partial charge in [-0.3, -0.25) is 0 Å². The number of nitrogens with two attached hydrogens (primary N) is 1. The molecule has 2 rings (SSSR count). The second-order valence-electron chi connectivity index (χ2n) is 3.75. The van der Waals surface area contributed by atoms with Crippen LogP contribution in [0.2, 0.25) is 0 Å². The predicted octanol–water partition coefficient (Wildman–Crippen LogP) is 3.49. The first kappa shape index (κ1) is 10.7. The lowest BCUT2D eigenvalue weighted by molar-refractivity contribution is 1.46. The van der Waals surface area contributed by atoms with E-state index in [4.69, 9.17) is 11.0 Å². The molecular formula is C13H12N2S. The quantitative estimate of drug-likeness (QED) is 0.812. The van der Waals surface area contributed by atoms with Crippen LogP contribution in [0.15, 0.2) is 24.3 Å². The number of thiophene rings is 1. The van der Waals surface area contributed by atoms with Crippen molar-refractivity contribution in [3.05, 3.63) is 39.6 Å². The molecule has 0 spiro atoms. The van der Waals surface area contributed by atoms with Crippen LogP contribution in [-0.4, -0.2) is 0 Å². The highest BCUT2D eigenvalue weighted by atomic mass is 32.1. The molecule has 0 aliphatic carbocycles. The van der Waals surface area contributed by atoms with E-state index in [-0.39, 0.29) is 0 Å². The molecule has 2 aromatic rings. The lowest BCUT2D eigenvalue weighted by atomic mass is 10.0. The van der Waals surface area contributed by atoms with Crippen LogP contribution >= 0.6 is 11.3 Å². The molecule has 1 aromatic carbocycles. The standard InChI is InChI=1S/C13H12N2S/c1-8-3-5-10(6-4-8)12-9(2)16-11(7-14)13(12)15/h3-6H,15H2,1-2H3. The molecular weight excluding hydrogens is 216 g/mol. The Hall–Kier alpha value is -1.79. The number of hydrogen-bond donors (Lipinski definition) is 1. The first-order chi connectivity index (χ1) is 7.63. The van der Waals surface area contributed by atoms with E-state index in [1.54, 1.807) is 0 Å². The fourth-order valence-electron chi connectivity index (χ4n) is 1.72. The number of nitriles is 1. The number of rotatable bonds is 1. The summed E-state index contributed by atoms with van der Waals surface area (Å²) in [6.45, 7) is 4.05. The van der Waals surface area contributed by atoms with E-state index in [2.05, 4.69) is 18.2 Å². The summed E-state index contributed by atoms with van der Waals surface area (Å²) in [5, 5.41) is 8.93. The van der Waals surface area contributed by atoms with E-state index in [1.165, 1.54) is 16.9 Å². The third-order valence-corrected chi connectivity index (χ3v) is 3.59. The van der Waals surface area contributed by atoms with Gasteiger partial charge in [0, 0.05) is 10.4 Å². The van der Waals surface area contributed by atoms with E-state index >= 15 is 0 Å². The number of anilines is 1. The van der Waals surface area contributed by atoms with Crippen molar-refractivity contribution in [2.24, 2.45) is 0 Å². The van der Waals surface area contributed by atoms with Crippen molar-refractivity contribution in [2.45, 2.75) is 13.8 Å². The van der Waals surface area contributed by atoms with Crippen LogP contribution in [0.1, 0.15) is 15.3 Å². The minimum absolute atomic E-state index is 0.605. The van der Waals surface area contributed by atoms with Crippen molar-refractivity contribution in [1.82, 2.24) is 0 Å². The molecule has 0 unspecified atom stereocenters. The summed E-state index contributed by atoms with van der Waals surface area (Å²) in [6.07, 6.45) is 0. The Balaban J connectivity index is 2.61. The molecule has 0 atom stereocenters. The van der Waals surface area contributed by atoms with E-state index in [0.29, 0.717) is 10.6 Å². The Bertz CT molecular complexity index is 559. The van der Waals surface area contributed by atoms with Crippen LogP contribution in [0.25, 0.3) is 11.1 Å². The van der Waals surface area contributed by atoms with Gasteiger partial charge in [-0.05, 0) is 19.4 Å². The Morgan fingerprint density at radius 1 is 1.19 bits per heavy atom. The summed E-state index contributed by atoms with van der Waals surface area (Å²) in [4.78, 5) is 1.70. The highest BCUT2D eigenvalue weighted by Gasteiger charge is 2.13. The molecule has 80 valence electrons. The topological polar surface area (TPSA) is 49.8 Å². The van der Waals surface area contributed by atoms with Gasteiger partial charge in [-0.25, -0.2) is 0 Å². The highest BCUT2D eigenvalue weighted by Crippen LogP contribution is 2.37. The minimum atomic E-state index is 0.605. The molecule has 1 aromatic heterocycles. The van der Waals surface area contributed by atoms with Crippen molar-refractivity contribution < 1.29 is 0 Å². The summed E-state index contributed by atoms with van der Waals surface area (Å²) in [5.41, 5.74) is 9.88. The van der Waals surface area contributed by atoms with Gasteiger partial charge in [-0.15, -0.1) is 11.3 Å². The van der Waals surface area contributed by atoms with E-state index in [1.807, 2.05) is 26.0 Å². The molecule has 0 saturated heterocycles. The van der Waals surface area contributed by atoms with Gasteiger partial charge in [0.2, 0.25) is 0 Å². The largest absolute Gasteiger partial charge is 0.396 e. The molecule has 0 saturated carbocycles. The first-order valence-corrected chi connectivity index (χ1v) is 5.81. The van der Waals surface area contributed by atoms with Crippen molar-refractivity contribution in [2.75, 3.05) is 5.73 Å². The maximum atomic E-state index is 8.93. The Morgan fingerprint density at radius 3 is 2.31 bits per heavy atom. The van der Waals surface area contributed by atoms with Gasteiger partial charge in [0.1, 0.15) is 10.9 Å². The molecule has 16 heavy (non-hydrogen) atoms. The average molecular weight is 228 g/mol. The normalized spacial score (nSPS) is 10.1. The van der Waals surface area contributed by atoms with E-state index < -0.39 is 0 Å². The second-order valence-corrected chi connectivity index (χ2v) is 4.98. The zero-order chi connectivity index (χ0) is 11.7. The summed E-state index contributed by atoms with van der Waals surface area (Å²) in [7, 11) is 0. The molecule has 0 bridgehead atoms. The van der Waals surface area contributed by atoms with E-state index in [9.17, 15) is 0 Å². The van der Waals surface area contributed by atoms with Crippen LogP contribution < -0.4 is 5.73 Å². The van der Waals surface area contributed by atoms with Gasteiger partial charge >= 0.3 is 0 Å². The predicted molar refractivity (Wildman–Crippen MR) is 68.4 cm³/mol. The SMILES string of the molecule is Cc1ccc(-c2c(C)sc(C#N)c2N)cc1. The fraction of sp³-hybridized carbons (Fsp3) is 0.154. The molecule has 0 fully saturated rings. The zero-order valence-electron chi connectivity index (χ0n) is 9.24. The van der Waals surface area contributed by atoms with E-state index in [0.717, 1.165) is 16.0 Å². The van der Waals surface area contributed by atoms with Gasteiger partial charge < -0.3 is 5.73 Å². The van der Waals surface area contributed by atoms with Gasteiger partial charge in [-0.2, -0.15) is 5.26 Å². The fourth-order valence-corrected chi connectivity index (χ4v) is 2.62. The monoisotopic (exact) mass is 228 g/mol. The van der Waals surface area contributed by atoms with Gasteiger partial charge in [0.15, 0.2) is 0 Å². The van der Waals surface area contributed by atoms with Crippen molar-refractivity contribution in [3.63, 3.8) is 0 Å². The minimum Gasteiger partial charge on any atom is -0.396 e. The maximum absolute atomic E-state index is 8.93. The maximum Gasteiger partial charge on any atom is 0.128 e. The van der Waals surface area contributed by atoms with Crippen LogP contribution in [0.3, 0.4) is 0 Å². The van der Waals surface area contributed by atoms with Crippen LogP contribution in [0.4, 0.5) is 5.69 Å². The van der Waals surface area contributed by atoms with Gasteiger partial charge in [0.25, 0.3) is 0 Å². The lowest BCUT2D eigenvalue weighted by Crippen LogP contribution is -1.89. The number of nitrogens with zero attached hydrogens (tertiary/aromatic N) is 1. The number of nitrogen functional groups attached to an aromatic ring is 1. The van der Waals surface area contributed by atoms with Crippen LogP contribution in [0, 0.1) is 25.2 Å². The molecule has 1 heterocycles. The number of aryl methyl sites for hydroxylation is 2. The van der Waals surface area contributed by atoms with Crippen molar-refractivity contribution >= 4 is 17.0 Å². The Kier molecular flexibility index (Phi) is 2.67. The van der Waals surface area contributed by atoms with Gasteiger partial charge in [-0.1, -0.05) is 29.8 Å². The smallest absolute Gasteiger partial charge is 0.128 e. The third kappa shape index (κ3) is 1.68.